The van der Waals surface area contributed by atoms with E-state index >= 15 is 0 Å². The Hall–Kier alpha value is -2.56. The molecule has 2 aromatic carbocycles. The first-order chi connectivity index (χ1) is 25.8. The van der Waals surface area contributed by atoms with Gasteiger partial charge < -0.3 is 65.7 Å². The molecule has 0 radical (unpaired) electrons. The number of aromatic hydroxyl groups is 2. The molecule has 0 aliphatic heterocycles. The number of benzene rings is 2. The third kappa shape index (κ3) is 15.5. The van der Waals surface area contributed by atoms with E-state index in [1.807, 2.05) is 32.9 Å². The minimum Gasteiger partial charge on any atom is -0.507 e. The van der Waals surface area contributed by atoms with Crippen LogP contribution in [0.5, 0.6) is 11.5 Å². The van der Waals surface area contributed by atoms with Crippen molar-refractivity contribution in [2.45, 2.75) is 129 Å². The Bertz CT molecular complexity index is 1730. The van der Waals surface area contributed by atoms with Crippen molar-refractivity contribution in [1.29, 1.82) is 0 Å². The Balaban J connectivity index is 1.91. The third-order valence-corrected chi connectivity index (χ3v) is 17.2. The molecule has 11 N–H and O–H groups in total. The van der Waals surface area contributed by atoms with Crippen molar-refractivity contribution >= 4 is 54.6 Å². The second kappa shape index (κ2) is 18.4. The molecule has 0 bridgehead atoms. The summed E-state index contributed by atoms with van der Waals surface area (Å²) >= 11 is 0. The predicted octanol–water partition coefficient (Wildman–Crippen LogP) is 1.87. The minimum absolute atomic E-state index is 0.117. The molecule has 3 rings (SSSR count). The molecule has 2 aromatic rings. The fraction of sp³-hybridized carbons (Fsp3) is 0.583. The third-order valence-electron chi connectivity index (χ3n) is 9.23. The van der Waals surface area contributed by atoms with E-state index in [0.717, 1.165) is 42.4 Å². The van der Waals surface area contributed by atoms with Gasteiger partial charge in [0.1, 0.15) is 11.5 Å². The first-order valence-corrected chi connectivity index (χ1v) is 25.9. The number of nitrogens with zero attached hydrogens (tertiary/aromatic N) is 3. The lowest BCUT2D eigenvalue weighted by molar-refractivity contribution is 0.0252. The number of phenolic OH excluding ortho intramolecular Hbond substituents is 2. The van der Waals surface area contributed by atoms with E-state index in [2.05, 4.69) is 64.9 Å². The highest BCUT2D eigenvalue weighted by molar-refractivity contribution is 6.80. The van der Waals surface area contributed by atoms with Crippen LogP contribution in [0.25, 0.3) is 0 Å². The first-order valence-electron chi connectivity index (χ1n) is 18.7. The van der Waals surface area contributed by atoms with Crippen molar-refractivity contribution in [2.75, 3.05) is 6.54 Å². The molecule has 320 valence electrons. The van der Waals surface area contributed by atoms with Gasteiger partial charge in [0.25, 0.3) is 0 Å². The lowest BCUT2D eigenvalue weighted by atomic mass is 9.79. The monoisotopic (exact) mass is 871 g/mol. The molecule has 1 fully saturated rings. The van der Waals surface area contributed by atoms with Crippen LogP contribution < -0.4 is 0 Å². The average Bonchev–Trinajstić information content (AvgIpc) is 3.00. The van der Waals surface area contributed by atoms with E-state index in [9.17, 15) is 53.4 Å². The van der Waals surface area contributed by atoms with E-state index in [4.69, 9.17) is 9.98 Å². The molecule has 0 spiro atoms. The van der Waals surface area contributed by atoms with Gasteiger partial charge in [-0.15, -0.1) is 0 Å². The van der Waals surface area contributed by atoms with Crippen molar-refractivity contribution in [3.63, 3.8) is 0 Å². The van der Waals surface area contributed by atoms with E-state index in [0.29, 0.717) is 16.7 Å². The zero-order chi connectivity index (χ0) is 43.4. The molecule has 0 amide bonds. The second-order valence-corrected chi connectivity index (χ2v) is 25.3. The maximum atomic E-state index is 11.4. The Morgan fingerprint density at radius 2 is 0.965 bits per heavy atom. The molecular weight excluding hydrogens is 811 g/mol. The van der Waals surface area contributed by atoms with E-state index < -0.39 is 42.0 Å². The van der Waals surface area contributed by atoms with Gasteiger partial charge in [0.15, 0.2) is 0 Å². The first kappa shape index (κ1) is 48.8. The van der Waals surface area contributed by atoms with Crippen LogP contribution in [-0.2, 0) is 28.6 Å². The fourth-order valence-electron chi connectivity index (χ4n) is 6.25. The van der Waals surface area contributed by atoms with Crippen molar-refractivity contribution in [1.82, 2.24) is 0 Å². The van der Waals surface area contributed by atoms with Crippen LogP contribution in [0.2, 0.25) is 6.04 Å². The largest absolute Gasteiger partial charge is 0.663 e. The summed E-state index contributed by atoms with van der Waals surface area (Å²) in [6, 6.07) is 6.58. The summed E-state index contributed by atoms with van der Waals surface area (Å²) in [4.78, 5) is 99.6. The van der Waals surface area contributed by atoms with Crippen LogP contribution in [0, 0.1) is 0 Å². The topological polar surface area (TPSA) is 287 Å². The zero-order valence-corrected chi connectivity index (χ0v) is 38.1. The number of phenols is 2. The summed E-state index contributed by atoms with van der Waals surface area (Å²) in [6.07, 6.45) is 8.03. The molecule has 17 nitrogen and oxygen atoms in total. The highest BCUT2D eigenvalue weighted by Crippen LogP contribution is 2.38. The molecule has 2 atom stereocenters. The Morgan fingerprint density at radius 3 is 1.35 bits per heavy atom. The van der Waals surface area contributed by atoms with Gasteiger partial charge in [-0.25, -0.2) is 0 Å². The van der Waals surface area contributed by atoms with Crippen molar-refractivity contribution in [3.05, 3.63) is 57.6 Å². The fourth-order valence-corrected chi connectivity index (χ4v) is 14.7. The van der Waals surface area contributed by atoms with Crippen LogP contribution in [0.3, 0.4) is 0 Å². The quantitative estimate of drug-likeness (QED) is 0.0693. The van der Waals surface area contributed by atoms with Crippen molar-refractivity contribution in [2.24, 2.45) is 15.0 Å². The smallest absolute Gasteiger partial charge is 0.507 e. The zero-order valence-electron chi connectivity index (χ0n) is 34.1. The summed E-state index contributed by atoms with van der Waals surface area (Å²) < 4.78 is 13.7. The second-order valence-electron chi connectivity index (χ2n) is 17.5. The highest BCUT2D eigenvalue weighted by Gasteiger charge is 2.60. The summed E-state index contributed by atoms with van der Waals surface area (Å²) in [5, 5.41) is 22.7. The maximum absolute atomic E-state index is 11.4. The molecule has 0 aromatic heterocycles. The van der Waals surface area contributed by atoms with Crippen LogP contribution >= 0.6 is 0 Å². The molecular formula is C36H61N3O14Si4. The maximum Gasteiger partial charge on any atom is 0.663 e. The standard InChI is InChI=1S/C36H61N3O14Si4/c1-34(2,3)27-17-24(21-37-15-12-16-54(51-55(42,43)44,52-56(45,46)47)53-57(48,49)50)32(40)25(18-27)22-38-30-13-10-11-14-31(30)39-23-26-19-28(35(4,5)6)20-29(33(26)41)36(7,8)9/h17-23,30-31,40-50H,10-16H2,1-9H3/t30-,31-/m1/s1. The normalized spacial score (nSPS) is 18.4. The lowest BCUT2D eigenvalue weighted by Gasteiger charge is -2.34. The highest BCUT2D eigenvalue weighted by atomic mass is 28.5. The van der Waals surface area contributed by atoms with E-state index in [1.54, 1.807) is 18.5 Å². The number of rotatable bonds is 15. The summed E-state index contributed by atoms with van der Waals surface area (Å²) in [5.74, 6) is 0.0933. The van der Waals surface area contributed by atoms with Gasteiger partial charge in [0.2, 0.25) is 0 Å². The molecule has 57 heavy (non-hydrogen) atoms. The Morgan fingerprint density at radius 1 is 0.579 bits per heavy atom. The van der Waals surface area contributed by atoms with E-state index in [1.165, 1.54) is 6.21 Å². The average molecular weight is 872 g/mol. The van der Waals surface area contributed by atoms with Gasteiger partial charge in [-0.1, -0.05) is 81.2 Å². The van der Waals surface area contributed by atoms with Gasteiger partial charge in [0.05, 0.1) is 12.1 Å². The van der Waals surface area contributed by atoms with Crippen molar-refractivity contribution in [3.8, 4) is 11.5 Å². The van der Waals surface area contributed by atoms with Gasteiger partial charge in [-0.05, 0) is 64.8 Å². The van der Waals surface area contributed by atoms with Gasteiger partial charge in [-0.2, -0.15) is 0 Å². The van der Waals surface area contributed by atoms with Crippen LogP contribution in [0.15, 0.2) is 39.2 Å². The van der Waals surface area contributed by atoms with Crippen LogP contribution in [0.1, 0.15) is 128 Å². The molecule has 1 aliphatic carbocycles. The number of hydrogen-bond donors (Lipinski definition) is 11. The number of aliphatic imine (C=N–C) groups is 3. The predicted molar refractivity (Wildman–Crippen MR) is 222 cm³/mol. The summed E-state index contributed by atoms with van der Waals surface area (Å²) in [7, 11) is -22.1. The molecule has 0 heterocycles. The van der Waals surface area contributed by atoms with Gasteiger partial charge >= 0.3 is 35.9 Å². The molecule has 0 saturated heterocycles. The molecule has 1 saturated carbocycles. The van der Waals surface area contributed by atoms with Crippen LogP contribution in [0.4, 0.5) is 0 Å². The van der Waals surface area contributed by atoms with E-state index in [-0.39, 0.29) is 52.8 Å². The van der Waals surface area contributed by atoms with Crippen LogP contribution in [-0.4, -0.2) is 127 Å². The van der Waals surface area contributed by atoms with Gasteiger partial charge in [0, 0.05) is 53.5 Å². The summed E-state index contributed by atoms with van der Waals surface area (Å²) in [5.41, 5.74) is 3.43. The van der Waals surface area contributed by atoms with Crippen molar-refractivity contribution < 1.29 is 65.7 Å². The summed E-state index contributed by atoms with van der Waals surface area (Å²) in [6.45, 7) is 18.4. The molecule has 21 heteroatoms. The van der Waals surface area contributed by atoms with Gasteiger partial charge in [-0.3, -0.25) is 15.0 Å². The molecule has 0 unspecified atom stereocenters. The Labute approximate surface area is 338 Å². The molecule has 1 aliphatic rings. The number of hydrogen-bond acceptors (Lipinski definition) is 17. The lowest BCUT2D eigenvalue weighted by Crippen LogP contribution is -2.66. The SMILES string of the molecule is CC(C)(C)c1cc(C=NCCC[Si](O[Si](O)(O)O)(O[Si](O)(O)O)O[Si](O)(O)O)c(O)c(C=N[C@@H]2CCCC[C@H]2N=Cc2cc(C(C)(C)C)cc(C(C)(C)C)c2O)c1. The Kier molecular flexibility index (Phi) is 15.7. The minimum atomic E-state index is -5.63.